The Labute approximate surface area is 108 Å². The van der Waals surface area contributed by atoms with Gasteiger partial charge in [-0.05, 0) is 24.6 Å². The SMILES string of the molecule is CCc1cc(Cl)nc(-c2ccc(Br)cc2)n1. The van der Waals surface area contributed by atoms with Crippen molar-refractivity contribution >= 4 is 27.5 Å². The zero-order chi connectivity index (χ0) is 11.5. The molecule has 0 aliphatic heterocycles. The maximum Gasteiger partial charge on any atom is 0.161 e. The van der Waals surface area contributed by atoms with Gasteiger partial charge in [-0.2, -0.15) is 0 Å². The van der Waals surface area contributed by atoms with E-state index in [4.69, 9.17) is 11.6 Å². The summed E-state index contributed by atoms with van der Waals surface area (Å²) in [5.41, 5.74) is 1.93. The molecule has 1 heterocycles. The molecule has 2 nitrogen and oxygen atoms in total. The molecule has 82 valence electrons. The fourth-order valence-electron chi connectivity index (χ4n) is 1.37. The third kappa shape index (κ3) is 2.60. The van der Waals surface area contributed by atoms with Crippen LogP contribution in [0.2, 0.25) is 5.15 Å². The summed E-state index contributed by atoms with van der Waals surface area (Å²) in [7, 11) is 0. The van der Waals surface area contributed by atoms with E-state index in [1.54, 1.807) is 6.07 Å². The second-order valence-corrected chi connectivity index (χ2v) is 4.67. The van der Waals surface area contributed by atoms with E-state index in [1.165, 1.54) is 0 Å². The lowest BCUT2D eigenvalue weighted by Gasteiger charge is -2.03. The molecule has 0 aliphatic rings. The Balaban J connectivity index is 2.47. The number of rotatable bonds is 2. The molecule has 0 aliphatic carbocycles. The molecule has 0 radical (unpaired) electrons. The highest BCUT2D eigenvalue weighted by atomic mass is 79.9. The lowest BCUT2D eigenvalue weighted by molar-refractivity contribution is 1.01. The van der Waals surface area contributed by atoms with Gasteiger partial charge in [-0.3, -0.25) is 0 Å². The van der Waals surface area contributed by atoms with Gasteiger partial charge in [0.2, 0.25) is 0 Å². The van der Waals surface area contributed by atoms with Crippen molar-refractivity contribution in [3.8, 4) is 11.4 Å². The normalized spacial score (nSPS) is 10.4. The Hall–Kier alpha value is -0.930. The molecule has 0 unspecified atom stereocenters. The third-order valence-electron chi connectivity index (χ3n) is 2.21. The van der Waals surface area contributed by atoms with Crippen LogP contribution in [-0.2, 0) is 6.42 Å². The Morgan fingerprint density at radius 2 is 1.88 bits per heavy atom. The van der Waals surface area contributed by atoms with Crippen LogP contribution < -0.4 is 0 Å². The number of nitrogens with zero attached hydrogens (tertiary/aromatic N) is 2. The van der Waals surface area contributed by atoms with Crippen LogP contribution in [0.4, 0.5) is 0 Å². The molecule has 0 amide bonds. The van der Waals surface area contributed by atoms with Crippen molar-refractivity contribution in [2.24, 2.45) is 0 Å². The number of hydrogen-bond acceptors (Lipinski definition) is 2. The summed E-state index contributed by atoms with van der Waals surface area (Å²) in [5, 5.41) is 0.491. The highest BCUT2D eigenvalue weighted by Gasteiger charge is 2.04. The maximum atomic E-state index is 5.95. The van der Waals surface area contributed by atoms with Crippen molar-refractivity contribution in [2.75, 3.05) is 0 Å². The summed E-state index contributed by atoms with van der Waals surface area (Å²) in [6.07, 6.45) is 0.853. The monoisotopic (exact) mass is 296 g/mol. The van der Waals surface area contributed by atoms with Crippen LogP contribution in [0.3, 0.4) is 0 Å². The molecule has 0 fully saturated rings. The van der Waals surface area contributed by atoms with Gasteiger partial charge in [0, 0.05) is 15.7 Å². The molecule has 16 heavy (non-hydrogen) atoms. The molecule has 4 heteroatoms. The van der Waals surface area contributed by atoms with Gasteiger partial charge in [0.05, 0.1) is 0 Å². The Kier molecular flexibility index (Phi) is 3.56. The Bertz CT molecular complexity index is 497. The van der Waals surface area contributed by atoms with Gasteiger partial charge >= 0.3 is 0 Å². The molecular formula is C12H10BrClN2. The van der Waals surface area contributed by atoms with E-state index >= 15 is 0 Å². The summed E-state index contributed by atoms with van der Waals surface area (Å²) < 4.78 is 1.04. The quantitative estimate of drug-likeness (QED) is 0.779. The molecule has 0 atom stereocenters. The first kappa shape index (κ1) is 11.6. The lowest BCUT2D eigenvalue weighted by atomic mass is 10.2. The van der Waals surface area contributed by atoms with Crippen molar-refractivity contribution in [3.63, 3.8) is 0 Å². The number of aryl methyl sites for hydroxylation is 1. The number of hydrogen-bond donors (Lipinski definition) is 0. The Morgan fingerprint density at radius 1 is 1.19 bits per heavy atom. The second kappa shape index (κ2) is 4.93. The zero-order valence-electron chi connectivity index (χ0n) is 8.74. The molecule has 0 saturated heterocycles. The van der Waals surface area contributed by atoms with E-state index in [0.717, 1.165) is 22.2 Å². The van der Waals surface area contributed by atoms with Crippen molar-refractivity contribution in [1.29, 1.82) is 0 Å². The van der Waals surface area contributed by atoms with Crippen LogP contribution in [0.5, 0.6) is 0 Å². The van der Waals surface area contributed by atoms with Crippen molar-refractivity contribution < 1.29 is 0 Å². The van der Waals surface area contributed by atoms with Crippen LogP contribution in [0, 0.1) is 0 Å². The first-order valence-corrected chi connectivity index (χ1v) is 6.15. The fraction of sp³-hybridized carbons (Fsp3) is 0.167. The van der Waals surface area contributed by atoms with Gasteiger partial charge in [-0.15, -0.1) is 0 Å². The summed E-state index contributed by atoms with van der Waals surface area (Å²) >= 11 is 9.34. The van der Waals surface area contributed by atoms with E-state index in [-0.39, 0.29) is 0 Å². The van der Waals surface area contributed by atoms with Gasteiger partial charge in [0.1, 0.15) is 5.15 Å². The summed E-state index contributed by atoms with van der Waals surface area (Å²) in [5.74, 6) is 0.678. The lowest BCUT2D eigenvalue weighted by Crippen LogP contribution is -1.94. The van der Waals surface area contributed by atoms with Crippen molar-refractivity contribution in [2.45, 2.75) is 13.3 Å². The van der Waals surface area contributed by atoms with Crippen LogP contribution in [0.1, 0.15) is 12.6 Å². The topological polar surface area (TPSA) is 25.8 Å². The average Bonchev–Trinajstić information content (AvgIpc) is 2.29. The van der Waals surface area contributed by atoms with E-state index in [2.05, 4.69) is 25.9 Å². The molecule has 0 spiro atoms. The molecule has 1 aromatic carbocycles. The van der Waals surface area contributed by atoms with E-state index in [9.17, 15) is 0 Å². The van der Waals surface area contributed by atoms with Gasteiger partial charge < -0.3 is 0 Å². The van der Waals surface area contributed by atoms with Crippen LogP contribution in [0.25, 0.3) is 11.4 Å². The predicted molar refractivity (Wildman–Crippen MR) is 69.6 cm³/mol. The van der Waals surface area contributed by atoms with Gasteiger partial charge in [-0.25, -0.2) is 9.97 Å². The molecule has 2 aromatic rings. The third-order valence-corrected chi connectivity index (χ3v) is 2.93. The molecule has 0 bridgehead atoms. The molecule has 0 N–H and O–H groups in total. The average molecular weight is 298 g/mol. The highest BCUT2D eigenvalue weighted by Crippen LogP contribution is 2.20. The van der Waals surface area contributed by atoms with Crippen LogP contribution >= 0.6 is 27.5 Å². The first-order valence-electron chi connectivity index (χ1n) is 4.98. The predicted octanol–water partition coefficient (Wildman–Crippen LogP) is 4.12. The van der Waals surface area contributed by atoms with Crippen LogP contribution in [-0.4, -0.2) is 9.97 Å². The van der Waals surface area contributed by atoms with E-state index < -0.39 is 0 Å². The van der Waals surface area contributed by atoms with Gasteiger partial charge in [-0.1, -0.05) is 46.6 Å². The number of aromatic nitrogens is 2. The first-order chi connectivity index (χ1) is 7.69. The summed E-state index contributed by atoms with van der Waals surface area (Å²) in [6, 6.07) is 9.66. The van der Waals surface area contributed by atoms with Crippen molar-refractivity contribution in [3.05, 3.63) is 45.7 Å². The molecule has 0 saturated carbocycles. The van der Waals surface area contributed by atoms with E-state index in [1.807, 2.05) is 31.2 Å². The number of halogens is 2. The minimum Gasteiger partial charge on any atom is -0.233 e. The standard InChI is InChI=1S/C12H10BrClN2/c1-2-10-7-11(14)16-12(15-10)8-3-5-9(13)6-4-8/h3-7H,2H2,1H3. The zero-order valence-corrected chi connectivity index (χ0v) is 11.1. The summed E-state index contributed by atoms with van der Waals surface area (Å²) in [4.78, 5) is 8.66. The highest BCUT2D eigenvalue weighted by molar-refractivity contribution is 9.10. The minimum atomic E-state index is 0.491. The van der Waals surface area contributed by atoms with E-state index in [0.29, 0.717) is 11.0 Å². The molecular weight excluding hydrogens is 288 g/mol. The smallest absolute Gasteiger partial charge is 0.161 e. The second-order valence-electron chi connectivity index (χ2n) is 3.37. The largest absolute Gasteiger partial charge is 0.233 e. The van der Waals surface area contributed by atoms with Gasteiger partial charge in [0.25, 0.3) is 0 Å². The summed E-state index contributed by atoms with van der Waals surface area (Å²) in [6.45, 7) is 2.05. The van der Waals surface area contributed by atoms with Crippen molar-refractivity contribution in [1.82, 2.24) is 9.97 Å². The van der Waals surface area contributed by atoms with Crippen LogP contribution in [0.15, 0.2) is 34.8 Å². The Morgan fingerprint density at radius 3 is 2.50 bits per heavy atom. The maximum absolute atomic E-state index is 5.95. The number of benzene rings is 1. The molecule has 1 aromatic heterocycles. The fourth-order valence-corrected chi connectivity index (χ4v) is 1.84. The van der Waals surface area contributed by atoms with Gasteiger partial charge in [0.15, 0.2) is 5.82 Å². The molecule has 2 rings (SSSR count). The minimum absolute atomic E-state index is 0.491.